The van der Waals surface area contributed by atoms with E-state index in [-0.39, 0.29) is 16.8 Å². The number of non-ortho nitro benzene ring substituents is 1. The summed E-state index contributed by atoms with van der Waals surface area (Å²) in [4.78, 5) is 21.9. The van der Waals surface area contributed by atoms with Gasteiger partial charge in [0.1, 0.15) is 5.82 Å². The number of nitrogens with zero attached hydrogens (tertiary/aromatic N) is 2. The molecule has 0 fully saturated rings. The second-order valence-electron chi connectivity index (χ2n) is 4.17. The summed E-state index contributed by atoms with van der Waals surface area (Å²) in [7, 11) is 0. The minimum atomic E-state index is -0.629. The van der Waals surface area contributed by atoms with Crippen molar-refractivity contribution in [3.63, 3.8) is 0 Å². The van der Waals surface area contributed by atoms with Crippen molar-refractivity contribution < 1.29 is 14.1 Å². The van der Waals surface area contributed by atoms with Crippen LogP contribution in [0.4, 0.5) is 10.1 Å². The summed E-state index contributed by atoms with van der Waals surface area (Å²) >= 11 is 3.20. The number of hydrazone groups is 1. The maximum absolute atomic E-state index is 13.5. The highest BCUT2D eigenvalue weighted by Gasteiger charge is 2.10. The summed E-state index contributed by atoms with van der Waals surface area (Å²) in [6, 6.07) is 9.50. The van der Waals surface area contributed by atoms with Crippen molar-refractivity contribution in [3.05, 3.63) is 74.0 Å². The average molecular weight is 366 g/mol. The van der Waals surface area contributed by atoms with Crippen LogP contribution in [-0.4, -0.2) is 17.0 Å². The molecule has 0 atom stereocenters. The largest absolute Gasteiger partial charge is 0.271 e. The van der Waals surface area contributed by atoms with Crippen molar-refractivity contribution in [1.29, 1.82) is 0 Å². The van der Waals surface area contributed by atoms with Gasteiger partial charge < -0.3 is 0 Å². The van der Waals surface area contributed by atoms with Crippen molar-refractivity contribution >= 4 is 33.7 Å². The van der Waals surface area contributed by atoms with Crippen LogP contribution >= 0.6 is 15.9 Å². The van der Waals surface area contributed by atoms with Crippen LogP contribution in [0, 0.1) is 15.9 Å². The van der Waals surface area contributed by atoms with Gasteiger partial charge >= 0.3 is 0 Å². The lowest BCUT2D eigenvalue weighted by atomic mass is 10.2. The van der Waals surface area contributed by atoms with Gasteiger partial charge in [0.05, 0.1) is 11.1 Å². The number of nitro groups is 1. The van der Waals surface area contributed by atoms with Crippen molar-refractivity contribution in [1.82, 2.24) is 5.43 Å². The van der Waals surface area contributed by atoms with Crippen molar-refractivity contribution in [3.8, 4) is 0 Å². The van der Waals surface area contributed by atoms with Gasteiger partial charge in [0.2, 0.25) is 0 Å². The molecule has 8 heteroatoms. The van der Waals surface area contributed by atoms with E-state index < -0.39 is 16.6 Å². The first-order chi connectivity index (χ1) is 10.5. The molecule has 112 valence electrons. The van der Waals surface area contributed by atoms with Crippen LogP contribution in [0.15, 0.2) is 52.0 Å². The Morgan fingerprint density at radius 1 is 1.32 bits per heavy atom. The van der Waals surface area contributed by atoms with Crippen molar-refractivity contribution in [2.45, 2.75) is 0 Å². The predicted molar refractivity (Wildman–Crippen MR) is 82.3 cm³/mol. The van der Waals surface area contributed by atoms with Crippen molar-refractivity contribution in [2.24, 2.45) is 5.10 Å². The zero-order chi connectivity index (χ0) is 16.1. The molecule has 0 saturated heterocycles. The molecule has 0 aliphatic rings. The van der Waals surface area contributed by atoms with Gasteiger partial charge in [0, 0.05) is 27.7 Å². The number of benzene rings is 2. The maximum Gasteiger partial charge on any atom is 0.271 e. The van der Waals surface area contributed by atoms with Crippen LogP contribution in [0.25, 0.3) is 0 Å². The van der Waals surface area contributed by atoms with Crippen LogP contribution in [0.3, 0.4) is 0 Å². The number of nitrogens with one attached hydrogen (secondary N) is 1. The van der Waals surface area contributed by atoms with E-state index in [0.29, 0.717) is 4.47 Å². The Morgan fingerprint density at radius 2 is 2.09 bits per heavy atom. The van der Waals surface area contributed by atoms with Gasteiger partial charge in [-0.2, -0.15) is 5.10 Å². The van der Waals surface area contributed by atoms with Gasteiger partial charge in [0.25, 0.3) is 11.6 Å². The molecule has 0 unspecified atom stereocenters. The van der Waals surface area contributed by atoms with E-state index in [1.165, 1.54) is 36.4 Å². The Hall–Kier alpha value is -2.61. The third-order valence-corrected chi connectivity index (χ3v) is 3.14. The van der Waals surface area contributed by atoms with E-state index in [0.717, 1.165) is 12.3 Å². The molecular weight excluding hydrogens is 357 g/mol. The van der Waals surface area contributed by atoms with Crippen LogP contribution in [-0.2, 0) is 0 Å². The van der Waals surface area contributed by atoms with E-state index in [9.17, 15) is 19.3 Å². The molecule has 0 saturated carbocycles. The zero-order valence-electron chi connectivity index (χ0n) is 11.0. The van der Waals surface area contributed by atoms with Crippen LogP contribution < -0.4 is 5.43 Å². The first-order valence-corrected chi connectivity index (χ1v) is 6.79. The minimum Gasteiger partial charge on any atom is -0.267 e. The number of hydrogen-bond acceptors (Lipinski definition) is 4. The molecule has 0 aliphatic carbocycles. The molecule has 2 aromatic carbocycles. The van der Waals surface area contributed by atoms with Gasteiger partial charge in [-0.25, -0.2) is 9.82 Å². The highest BCUT2D eigenvalue weighted by Crippen LogP contribution is 2.14. The minimum absolute atomic E-state index is 0.0843. The van der Waals surface area contributed by atoms with Crippen molar-refractivity contribution in [2.75, 3.05) is 0 Å². The van der Waals surface area contributed by atoms with Crippen LogP contribution in [0.1, 0.15) is 15.9 Å². The molecule has 2 aromatic rings. The van der Waals surface area contributed by atoms with E-state index in [2.05, 4.69) is 26.5 Å². The fraction of sp³-hybridized carbons (Fsp3) is 0. The summed E-state index contributed by atoms with van der Waals surface area (Å²) in [6.07, 6.45) is 1.15. The summed E-state index contributed by atoms with van der Waals surface area (Å²) in [5.41, 5.74) is 2.26. The van der Waals surface area contributed by atoms with Gasteiger partial charge in [-0.15, -0.1) is 0 Å². The first kappa shape index (κ1) is 15.8. The summed E-state index contributed by atoms with van der Waals surface area (Å²) in [5.74, 6) is -1.12. The molecule has 0 radical (unpaired) electrons. The fourth-order valence-corrected chi connectivity index (χ4v) is 1.98. The van der Waals surface area contributed by atoms with Gasteiger partial charge in [-0.05, 0) is 24.3 Å². The normalized spacial score (nSPS) is 10.6. The quantitative estimate of drug-likeness (QED) is 0.512. The summed E-state index contributed by atoms with van der Waals surface area (Å²) in [6.45, 7) is 0. The smallest absolute Gasteiger partial charge is 0.267 e. The number of hydrogen-bond donors (Lipinski definition) is 1. The Bertz CT molecular complexity index is 765. The van der Waals surface area contributed by atoms with Crippen LogP contribution in [0.5, 0.6) is 0 Å². The van der Waals surface area contributed by atoms with Gasteiger partial charge in [0.15, 0.2) is 0 Å². The standard InChI is InChI=1S/C14H9BrFN3O3/c15-11-4-5-13(16)10(6-11)8-17-18-14(20)9-2-1-3-12(7-9)19(21)22/h1-8H,(H,18,20)/b17-8-. The van der Waals surface area contributed by atoms with E-state index >= 15 is 0 Å². The van der Waals surface area contributed by atoms with E-state index in [1.54, 1.807) is 0 Å². The lowest BCUT2D eigenvalue weighted by Crippen LogP contribution is -2.17. The first-order valence-electron chi connectivity index (χ1n) is 6.00. The molecule has 0 heterocycles. The molecule has 2 rings (SSSR count). The lowest BCUT2D eigenvalue weighted by molar-refractivity contribution is -0.384. The van der Waals surface area contributed by atoms with Gasteiger partial charge in [-0.3, -0.25) is 14.9 Å². The predicted octanol–water partition coefficient (Wildman–Crippen LogP) is 3.26. The highest BCUT2D eigenvalue weighted by molar-refractivity contribution is 9.10. The zero-order valence-corrected chi connectivity index (χ0v) is 12.6. The third-order valence-electron chi connectivity index (χ3n) is 2.65. The molecule has 6 nitrogen and oxygen atoms in total. The highest BCUT2D eigenvalue weighted by atomic mass is 79.9. The fourth-order valence-electron chi connectivity index (χ4n) is 1.60. The average Bonchev–Trinajstić information content (AvgIpc) is 2.50. The van der Waals surface area contributed by atoms with E-state index in [1.807, 2.05) is 0 Å². The number of amides is 1. The van der Waals surface area contributed by atoms with Gasteiger partial charge in [-0.1, -0.05) is 22.0 Å². The molecule has 22 heavy (non-hydrogen) atoms. The Balaban J connectivity index is 2.09. The lowest BCUT2D eigenvalue weighted by Gasteiger charge is -2.00. The van der Waals surface area contributed by atoms with Crippen LogP contribution in [0.2, 0.25) is 0 Å². The number of rotatable bonds is 4. The molecule has 0 aliphatic heterocycles. The summed E-state index contributed by atoms with van der Waals surface area (Å²) < 4.78 is 14.1. The Kier molecular flexibility index (Phi) is 4.95. The number of nitro benzene ring substituents is 1. The molecule has 0 aromatic heterocycles. The number of carbonyl (C=O) groups is 1. The second kappa shape index (κ2) is 6.90. The molecular formula is C14H9BrFN3O3. The number of carbonyl (C=O) groups excluding carboxylic acids is 1. The Labute approximate surface area is 132 Å². The monoisotopic (exact) mass is 365 g/mol. The topological polar surface area (TPSA) is 84.6 Å². The maximum atomic E-state index is 13.5. The Morgan fingerprint density at radius 3 is 2.82 bits per heavy atom. The number of halogens is 2. The SMILES string of the molecule is O=C(N/N=C\c1cc(Br)ccc1F)c1cccc([N+](=O)[O-])c1. The van der Waals surface area contributed by atoms with E-state index in [4.69, 9.17) is 0 Å². The summed E-state index contributed by atoms with van der Waals surface area (Å²) in [5, 5.41) is 14.3. The molecule has 1 N–H and O–H groups in total. The molecule has 0 spiro atoms. The molecule has 1 amide bonds. The molecule has 0 bridgehead atoms. The second-order valence-corrected chi connectivity index (χ2v) is 5.09. The third kappa shape index (κ3) is 3.95.